The van der Waals surface area contributed by atoms with Crippen LogP contribution in [-0.4, -0.2) is 14.5 Å². The number of rotatable bonds is 3. The van der Waals surface area contributed by atoms with Gasteiger partial charge in [0, 0.05) is 22.3 Å². The van der Waals surface area contributed by atoms with Gasteiger partial charge in [0.2, 0.25) is 0 Å². The fourth-order valence-corrected chi connectivity index (χ4v) is 2.64. The molecule has 0 atom stereocenters. The van der Waals surface area contributed by atoms with Gasteiger partial charge < -0.3 is 4.57 Å². The summed E-state index contributed by atoms with van der Waals surface area (Å²) in [5, 5.41) is 0. The van der Waals surface area contributed by atoms with Crippen LogP contribution in [0.2, 0.25) is 0 Å². The highest BCUT2D eigenvalue weighted by molar-refractivity contribution is 9.10. The molecule has 0 radical (unpaired) electrons. The molecule has 0 aliphatic rings. The number of hydrogen-bond acceptors (Lipinski definition) is 2. The highest BCUT2D eigenvalue weighted by atomic mass is 79.9. The molecular weight excluding hydrogens is 364 g/mol. The van der Waals surface area contributed by atoms with Crippen LogP contribution in [0, 0.1) is 11.6 Å². The Morgan fingerprint density at radius 1 is 1.24 bits per heavy atom. The molecule has 0 unspecified atom stereocenters. The number of hydrogen-bond donors (Lipinski definition) is 0. The predicted molar refractivity (Wildman–Crippen MR) is 80.2 cm³/mol. The van der Waals surface area contributed by atoms with E-state index >= 15 is 0 Å². The van der Waals surface area contributed by atoms with Gasteiger partial charge in [0.25, 0.3) is 0 Å². The molecule has 3 rings (SSSR count). The zero-order valence-corrected chi connectivity index (χ0v) is 13.0. The molecule has 0 spiro atoms. The Morgan fingerprint density at radius 3 is 2.76 bits per heavy atom. The average Bonchev–Trinajstić information content (AvgIpc) is 2.79. The summed E-state index contributed by atoms with van der Waals surface area (Å²) in [4.78, 5) is 8.67. The maximum atomic E-state index is 13.8. The lowest BCUT2D eigenvalue weighted by Crippen LogP contribution is -2.06. The molecule has 1 aromatic carbocycles. The highest BCUT2D eigenvalue weighted by Gasteiger charge is 2.14. The van der Waals surface area contributed by atoms with Crippen molar-refractivity contribution in [1.82, 2.24) is 14.5 Å². The van der Waals surface area contributed by atoms with E-state index in [1.165, 1.54) is 12.1 Å². The van der Waals surface area contributed by atoms with E-state index in [4.69, 9.17) is 11.6 Å². The van der Waals surface area contributed by atoms with Crippen molar-refractivity contribution in [3.05, 3.63) is 58.0 Å². The maximum Gasteiger partial charge on any atom is 0.160 e. The zero-order chi connectivity index (χ0) is 15.0. The largest absolute Gasteiger partial charge is 0.307 e. The average molecular weight is 373 g/mol. The quantitative estimate of drug-likeness (QED) is 0.643. The van der Waals surface area contributed by atoms with Crippen molar-refractivity contribution in [2.24, 2.45) is 0 Å². The van der Waals surface area contributed by atoms with Crippen LogP contribution >= 0.6 is 27.5 Å². The Hall–Kier alpha value is -1.53. The maximum absolute atomic E-state index is 13.8. The third kappa shape index (κ3) is 2.78. The van der Waals surface area contributed by atoms with Crippen molar-refractivity contribution < 1.29 is 8.78 Å². The smallest absolute Gasteiger partial charge is 0.160 e. The monoisotopic (exact) mass is 371 g/mol. The summed E-state index contributed by atoms with van der Waals surface area (Å²) in [6, 6.07) is 5.31. The number of imidazole rings is 1. The summed E-state index contributed by atoms with van der Waals surface area (Å²) in [6.45, 7) is 0.194. The molecule has 7 heteroatoms. The number of pyridine rings is 1. The first kappa shape index (κ1) is 14.4. The minimum atomic E-state index is -0.605. The third-order valence-corrected chi connectivity index (χ3v) is 3.77. The first-order chi connectivity index (χ1) is 10.1. The van der Waals surface area contributed by atoms with Gasteiger partial charge in [-0.2, -0.15) is 0 Å². The van der Waals surface area contributed by atoms with Crippen molar-refractivity contribution in [3.63, 3.8) is 0 Å². The molecule has 3 aromatic rings. The minimum absolute atomic E-state index is 0.177. The van der Waals surface area contributed by atoms with E-state index in [9.17, 15) is 8.78 Å². The van der Waals surface area contributed by atoms with Gasteiger partial charge in [-0.05, 0) is 28.1 Å². The second-order valence-electron chi connectivity index (χ2n) is 4.48. The number of benzene rings is 1. The van der Waals surface area contributed by atoms with Gasteiger partial charge in [0.15, 0.2) is 5.65 Å². The molecule has 3 nitrogen and oxygen atoms in total. The topological polar surface area (TPSA) is 30.7 Å². The molecule has 108 valence electrons. The molecule has 0 fully saturated rings. The van der Waals surface area contributed by atoms with Crippen molar-refractivity contribution in [1.29, 1.82) is 0 Å². The molecule has 0 saturated carbocycles. The van der Waals surface area contributed by atoms with Crippen LogP contribution in [0.5, 0.6) is 0 Å². The van der Waals surface area contributed by atoms with E-state index in [0.717, 1.165) is 10.5 Å². The van der Waals surface area contributed by atoms with Crippen LogP contribution in [0.4, 0.5) is 8.78 Å². The van der Waals surface area contributed by atoms with E-state index in [0.29, 0.717) is 22.6 Å². The van der Waals surface area contributed by atoms with E-state index < -0.39 is 11.6 Å². The Kier molecular flexibility index (Phi) is 3.91. The summed E-state index contributed by atoms with van der Waals surface area (Å²) in [6.07, 6.45) is 1.64. The van der Waals surface area contributed by atoms with Crippen LogP contribution in [0.1, 0.15) is 11.4 Å². The number of fused-ring (bicyclic) bond motifs is 1. The van der Waals surface area contributed by atoms with E-state index in [1.807, 2.05) is 6.07 Å². The van der Waals surface area contributed by atoms with Gasteiger partial charge in [0.1, 0.15) is 23.0 Å². The second-order valence-corrected chi connectivity index (χ2v) is 5.66. The predicted octanol–water partition coefficient (Wildman–Crippen LogP) is 4.26. The standard InChI is InChI=1S/C14H9BrClF2N3/c15-9-3-12-14(19-6-9)21(13(5-16)20-12)7-8-1-2-10(17)4-11(8)18/h1-4,6H,5,7H2. The summed E-state index contributed by atoms with van der Waals surface area (Å²) in [5.41, 5.74) is 1.63. The van der Waals surface area contributed by atoms with Gasteiger partial charge in [0.05, 0.1) is 12.4 Å². The summed E-state index contributed by atoms with van der Waals surface area (Å²) in [5.74, 6) is -0.446. The number of halogens is 4. The van der Waals surface area contributed by atoms with Crippen molar-refractivity contribution in [3.8, 4) is 0 Å². The van der Waals surface area contributed by atoms with Crippen molar-refractivity contribution in [2.75, 3.05) is 0 Å². The fraction of sp³-hybridized carbons (Fsp3) is 0.143. The lowest BCUT2D eigenvalue weighted by atomic mass is 10.2. The van der Waals surface area contributed by atoms with Crippen molar-refractivity contribution >= 4 is 38.7 Å². The van der Waals surface area contributed by atoms with E-state index in [1.54, 1.807) is 10.8 Å². The van der Waals surface area contributed by atoms with Crippen LogP contribution in [-0.2, 0) is 12.4 Å². The van der Waals surface area contributed by atoms with Crippen LogP contribution in [0.25, 0.3) is 11.2 Å². The summed E-state index contributed by atoms with van der Waals surface area (Å²) in [7, 11) is 0. The Balaban J connectivity index is 2.10. The van der Waals surface area contributed by atoms with Gasteiger partial charge in [-0.1, -0.05) is 6.07 Å². The van der Waals surface area contributed by atoms with Crippen LogP contribution in [0.3, 0.4) is 0 Å². The molecule has 0 aliphatic heterocycles. The molecule has 0 aliphatic carbocycles. The van der Waals surface area contributed by atoms with Gasteiger partial charge in [-0.3, -0.25) is 0 Å². The van der Waals surface area contributed by atoms with E-state index in [-0.39, 0.29) is 12.4 Å². The van der Waals surface area contributed by atoms with E-state index in [2.05, 4.69) is 25.9 Å². The number of aromatic nitrogens is 3. The second kappa shape index (κ2) is 5.69. The van der Waals surface area contributed by atoms with Gasteiger partial charge in [-0.15, -0.1) is 11.6 Å². The van der Waals surface area contributed by atoms with Gasteiger partial charge >= 0.3 is 0 Å². The molecule has 0 N–H and O–H groups in total. The third-order valence-electron chi connectivity index (χ3n) is 3.09. The number of nitrogens with zero attached hydrogens (tertiary/aromatic N) is 3. The Bertz CT molecular complexity index is 819. The Morgan fingerprint density at radius 2 is 2.05 bits per heavy atom. The summed E-state index contributed by atoms with van der Waals surface area (Å²) >= 11 is 9.23. The molecule has 2 heterocycles. The van der Waals surface area contributed by atoms with Crippen molar-refractivity contribution in [2.45, 2.75) is 12.4 Å². The van der Waals surface area contributed by atoms with Crippen LogP contribution < -0.4 is 0 Å². The van der Waals surface area contributed by atoms with Crippen LogP contribution in [0.15, 0.2) is 34.9 Å². The molecule has 21 heavy (non-hydrogen) atoms. The Labute approximate surface area is 132 Å². The molecule has 2 aromatic heterocycles. The molecular formula is C14H9BrClF2N3. The zero-order valence-electron chi connectivity index (χ0n) is 10.7. The highest BCUT2D eigenvalue weighted by Crippen LogP contribution is 2.21. The minimum Gasteiger partial charge on any atom is -0.307 e. The normalized spacial score (nSPS) is 11.2. The fourth-order valence-electron chi connectivity index (χ4n) is 2.12. The lowest BCUT2D eigenvalue weighted by molar-refractivity contribution is 0.566. The first-order valence-electron chi connectivity index (χ1n) is 6.09. The molecule has 0 amide bonds. The SMILES string of the molecule is Fc1ccc(Cn2c(CCl)nc3cc(Br)cnc32)c(F)c1. The first-order valence-corrected chi connectivity index (χ1v) is 7.42. The number of alkyl halides is 1. The summed E-state index contributed by atoms with van der Waals surface area (Å²) < 4.78 is 29.3. The molecule has 0 bridgehead atoms. The lowest BCUT2D eigenvalue weighted by Gasteiger charge is -2.08. The molecule has 0 saturated heterocycles. The van der Waals surface area contributed by atoms with Gasteiger partial charge in [-0.25, -0.2) is 18.7 Å².